The standard InChI is InChI=1S/C23H15N3O5S/c24-12-15(22-26-17-8-3-4-10-20(17)32-22)18(27)13-31-23(29)14-6-1-2-7-16(14)25-21(28)19-9-5-11-30-19/h1-11,27H,13H2,(H,25,28)/b18-15-. The lowest BCUT2D eigenvalue weighted by Crippen LogP contribution is -2.16. The quantitative estimate of drug-likeness (QED) is 0.248. The van der Waals surface area contributed by atoms with E-state index in [1.54, 1.807) is 24.3 Å². The molecule has 2 N–H and O–H groups in total. The normalized spacial score (nSPS) is 11.5. The number of rotatable bonds is 6. The number of hydrogen-bond acceptors (Lipinski definition) is 8. The van der Waals surface area contributed by atoms with Crippen molar-refractivity contribution in [3.63, 3.8) is 0 Å². The summed E-state index contributed by atoms with van der Waals surface area (Å²) in [5.41, 5.74) is 0.928. The molecule has 0 saturated heterocycles. The van der Waals surface area contributed by atoms with Gasteiger partial charge in [-0.05, 0) is 36.4 Å². The van der Waals surface area contributed by atoms with Crippen molar-refractivity contribution in [2.45, 2.75) is 0 Å². The Labute approximate surface area is 186 Å². The Morgan fingerprint density at radius 2 is 1.91 bits per heavy atom. The topological polar surface area (TPSA) is 125 Å². The minimum Gasteiger partial charge on any atom is -0.507 e. The number of fused-ring (bicyclic) bond motifs is 1. The smallest absolute Gasteiger partial charge is 0.340 e. The number of para-hydroxylation sites is 2. The molecule has 0 atom stereocenters. The van der Waals surface area contributed by atoms with E-state index >= 15 is 0 Å². The van der Waals surface area contributed by atoms with Crippen LogP contribution in [0.5, 0.6) is 0 Å². The summed E-state index contributed by atoms with van der Waals surface area (Å²) in [5, 5.41) is 22.8. The number of benzene rings is 2. The Balaban J connectivity index is 1.50. The maximum Gasteiger partial charge on any atom is 0.340 e. The summed E-state index contributed by atoms with van der Waals surface area (Å²) in [6, 6.07) is 18.6. The summed E-state index contributed by atoms with van der Waals surface area (Å²) in [6.07, 6.45) is 1.36. The number of nitrogens with one attached hydrogen (secondary N) is 1. The van der Waals surface area contributed by atoms with Gasteiger partial charge >= 0.3 is 5.97 Å². The number of hydrogen-bond donors (Lipinski definition) is 2. The number of aromatic nitrogens is 1. The molecule has 2 aromatic heterocycles. The highest BCUT2D eigenvalue weighted by molar-refractivity contribution is 7.19. The molecule has 0 aliphatic heterocycles. The lowest BCUT2D eigenvalue weighted by atomic mass is 10.1. The highest BCUT2D eigenvalue weighted by Gasteiger charge is 2.19. The summed E-state index contributed by atoms with van der Waals surface area (Å²) < 4.78 is 11.1. The van der Waals surface area contributed by atoms with E-state index in [0.29, 0.717) is 10.5 Å². The molecule has 4 rings (SSSR count). The van der Waals surface area contributed by atoms with Crippen LogP contribution in [0.2, 0.25) is 0 Å². The van der Waals surface area contributed by atoms with E-state index in [0.717, 1.165) is 4.70 Å². The first-order valence-corrected chi connectivity index (χ1v) is 10.2. The molecule has 0 fully saturated rings. The van der Waals surface area contributed by atoms with Gasteiger partial charge in [0.25, 0.3) is 5.91 Å². The molecule has 158 valence electrons. The van der Waals surface area contributed by atoms with Gasteiger partial charge < -0.3 is 19.6 Å². The Morgan fingerprint density at radius 3 is 2.66 bits per heavy atom. The van der Waals surface area contributed by atoms with E-state index in [2.05, 4.69) is 10.3 Å². The molecule has 0 unspecified atom stereocenters. The lowest BCUT2D eigenvalue weighted by molar-refractivity contribution is 0.0504. The van der Waals surface area contributed by atoms with E-state index < -0.39 is 24.2 Å². The van der Waals surface area contributed by atoms with Gasteiger partial charge in [0.1, 0.15) is 23.3 Å². The van der Waals surface area contributed by atoms with Crippen molar-refractivity contribution in [2.75, 3.05) is 11.9 Å². The Hall–Kier alpha value is -4.42. The van der Waals surface area contributed by atoms with Gasteiger partial charge in [0, 0.05) is 0 Å². The molecule has 0 spiro atoms. The second-order valence-electron chi connectivity index (χ2n) is 6.47. The number of esters is 1. The van der Waals surface area contributed by atoms with Crippen LogP contribution in [0.1, 0.15) is 25.9 Å². The van der Waals surface area contributed by atoms with Gasteiger partial charge in [0.15, 0.2) is 11.5 Å². The van der Waals surface area contributed by atoms with Crippen molar-refractivity contribution in [1.29, 1.82) is 5.26 Å². The first kappa shape index (κ1) is 20.8. The molecule has 1 amide bonds. The van der Waals surface area contributed by atoms with Crippen LogP contribution in [0.4, 0.5) is 5.69 Å². The van der Waals surface area contributed by atoms with E-state index in [1.807, 2.05) is 24.3 Å². The van der Waals surface area contributed by atoms with Gasteiger partial charge in [-0.2, -0.15) is 5.26 Å². The summed E-state index contributed by atoms with van der Waals surface area (Å²) in [4.78, 5) is 29.2. The molecular formula is C23H15N3O5S. The first-order valence-electron chi connectivity index (χ1n) is 9.36. The van der Waals surface area contributed by atoms with Crippen LogP contribution in [0.3, 0.4) is 0 Å². The number of aliphatic hydroxyl groups is 1. The third-order valence-electron chi connectivity index (χ3n) is 4.39. The average Bonchev–Trinajstić information content (AvgIpc) is 3.48. The molecule has 0 saturated carbocycles. The molecular weight excluding hydrogens is 430 g/mol. The van der Waals surface area contributed by atoms with Crippen molar-refractivity contribution in [2.24, 2.45) is 0 Å². The van der Waals surface area contributed by atoms with Gasteiger partial charge in [-0.1, -0.05) is 24.3 Å². The van der Waals surface area contributed by atoms with Gasteiger partial charge in [-0.15, -0.1) is 11.3 Å². The average molecular weight is 445 g/mol. The predicted molar refractivity (Wildman–Crippen MR) is 118 cm³/mol. The number of allylic oxidation sites excluding steroid dienone is 1. The number of anilines is 1. The summed E-state index contributed by atoms with van der Waals surface area (Å²) >= 11 is 1.25. The van der Waals surface area contributed by atoms with Crippen LogP contribution in [-0.2, 0) is 4.74 Å². The fraction of sp³-hybridized carbons (Fsp3) is 0.0435. The van der Waals surface area contributed by atoms with Crippen LogP contribution >= 0.6 is 11.3 Å². The van der Waals surface area contributed by atoms with Gasteiger partial charge in [0.2, 0.25) is 0 Å². The van der Waals surface area contributed by atoms with Gasteiger partial charge in [-0.3, -0.25) is 4.79 Å². The maximum atomic E-state index is 12.6. The Morgan fingerprint density at radius 1 is 1.12 bits per heavy atom. The molecule has 9 heteroatoms. The van der Waals surface area contributed by atoms with E-state index in [9.17, 15) is 20.0 Å². The fourth-order valence-corrected chi connectivity index (χ4v) is 3.84. The summed E-state index contributed by atoms with van der Waals surface area (Å²) in [6.45, 7) is -0.530. The number of furan rings is 1. The maximum absolute atomic E-state index is 12.6. The number of ether oxygens (including phenoxy) is 1. The SMILES string of the molecule is N#C/C(=C(/O)COC(=O)c1ccccc1NC(=O)c1ccco1)c1nc2ccccc2s1. The minimum atomic E-state index is -0.784. The molecule has 0 aliphatic rings. The zero-order chi connectivity index (χ0) is 22.5. The van der Waals surface area contributed by atoms with Crippen molar-refractivity contribution in [3.8, 4) is 6.07 Å². The highest BCUT2D eigenvalue weighted by atomic mass is 32.1. The van der Waals surface area contributed by atoms with Crippen LogP contribution in [0.25, 0.3) is 15.8 Å². The molecule has 2 heterocycles. The second kappa shape index (κ2) is 9.16. The third kappa shape index (κ3) is 4.35. The monoisotopic (exact) mass is 445 g/mol. The van der Waals surface area contributed by atoms with Crippen molar-refractivity contribution in [1.82, 2.24) is 4.98 Å². The molecule has 0 aliphatic carbocycles. The van der Waals surface area contributed by atoms with Crippen LogP contribution in [0, 0.1) is 11.3 Å². The first-order chi connectivity index (χ1) is 15.6. The summed E-state index contributed by atoms with van der Waals surface area (Å²) in [7, 11) is 0. The Kier molecular flexibility index (Phi) is 5.96. The third-order valence-corrected chi connectivity index (χ3v) is 5.44. The number of nitrogens with zero attached hydrogens (tertiary/aromatic N) is 2. The highest BCUT2D eigenvalue weighted by Crippen LogP contribution is 2.28. The van der Waals surface area contributed by atoms with E-state index in [-0.39, 0.29) is 22.6 Å². The largest absolute Gasteiger partial charge is 0.507 e. The molecule has 2 aromatic carbocycles. The lowest BCUT2D eigenvalue weighted by Gasteiger charge is -2.10. The minimum absolute atomic E-state index is 0.0709. The molecule has 4 aromatic rings. The fourth-order valence-electron chi connectivity index (χ4n) is 2.86. The van der Waals surface area contributed by atoms with Crippen molar-refractivity contribution >= 4 is 44.7 Å². The van der Waals surface area contributed by atoms with Crippen LogP contribution in [0.15, 0.2) is 77.1 Å². The number of carbonyl (C=O) groups is 2. The van der Waals surface area contributed by atoms with Gasteiger partial charge in [0.05, 0.1) is 27.7 Å². The summed E-state index contributed by atoms with van der Waals surface area (Å²) in [5.74, 6) is -1.64. The number of thiazole rings is 1. The zero-order valence-electron chi connectivity index (χ0n) is 16.4. The Bertz CT molecular complexity index is 1330. The zero-order valence-corrected chi connectivity index (χ0v) is 17.3. The molecule has 8 nitrogen and oxygen atoms in total. The van der Waals surface area contributed by atoms with Crippen LogP contribution < -0.4 is 5.32 Å². The van der Waals surface area contributed by atoms with Gasteiger partial charge in [-0.25, -0.2) is 9.78 Å². The number of carbonyl (C=O) groups excluding carboxylic acids is 2. The number of aliphatic hydroxyl groups excluding tert-OH is 1. The molecule has 32 heavy (non-hydrogen) atoms. The number of amides is 1. The van der Waals surface area contributed by atoms with E-state index in [1.165, 1.54) is 35.8 Å². The molecule has 0 radical (unpaired) electrons. The van der Waals surface area contributed by atoms with Crippen molar-refractivity contribution < 1.29 is 23.8 Å². The molecule has 0 bridgehead atoms. The predicted octanol–water partition coefficient (Wildman–Crippen LogP) is 4.79. The van der Waals surface area contributed by atoms with E-state index in [4.69, 9.17) is 9.15 Å². The second-order valence-corrected chi connectivity index (χ2v) is 7.50. The number of nitriles is 1. The van der Waals surface area contributed by atoms with Crippen molar-refractivity contribution in [3.05, 3.63) is 89.0 Å². The van der Waals surface area contributed by atoms with Crippen LogP contribution in [-0.4, -0.2) is 28.6 Å².